The number of pyridine rings is 1. The fourth-order valence-corrected chi connectivity index (χ4v) is 3.20. The lowest BCUT2D eigenvalue weighted by molar-refractivity contribution is -0.137. The van der Waals surface area contributed by atoms with Crippen LogP contribution in [0.5, 0.6) is 0 Å². The van der Waals surface area contributed by atoms with Gasteiger partial charge in [-0.15, -0.1) is 24.8 Å². The summed E-state index contributed by atoms with van der Waals surface area (Å²) in [6.45, 7) is 5.09. The number of amides is 1. The van der Waals surface area contributed by atoms with Crippen LogP contribution >= 0.6 is 24.8 Å². The van der Waals surface area contributed by atoms with E-state index in [2.05, 4.69) is 15.6 Å². The van der Waals surface area contributed by atoms with Crippen molar-refractivity contribution in [2.24, 2.45) is 11.8 Å². The summed E-state index contributed by atoms with van der Waals surface area (Å²) in [4.78, 5) is 18.2. The van der Waals surface area contributed by atoms with Crippen molar-refractivity contribution in [3.63, 3.8) is 0 Å². The van der Waals surface area contributed by atoms with E-state index >= 15 is 0 Å². The van der Waals surface area contributed by atoms with Crippen LogP contribution in [-0.2, 0) is 11.0 Å². The smallest absolute Gasteiger partial charge is 0.356 e. The fourth-order valence-electron chi connectivity index (χ4n) is 3.20. The molecule has 0 saturated carbocycles. The van der Waals surface area contributed by atoms with E-state index in [0.29, 0.717) is 24.8 Å². The summed E-state index contributed by atoms with van der Waals surface area (Å²) < 4.78 is 37.8. The Bertz CT molecular complexity index is 603. The fraction of sp³-hybridized carbons (Fsp3) is 0.647. The van der Waals surface area contributed by atoms with Crippen LogP contribution in [0.25, 0.3) is 0 Å². The molecule has 3 rings (SSSR count). The molecular weight excluding hydrogens is 404 g/mol. The number of carbonyl (C=O) groups is 1. The summed E-state index contributed by atoms with van der Waals surface area (Å²) in [7, 11) is 0. The molecule has 1 atom stereocenters. The summed E-state index contributed by atoms with van der Waals surface area (Å²) in [5.74, 6) is 1.07. The van der Waals surface area contributed by atoms with Crippen LogP contribution in [0.3, 0.4) is 0 Å². The molecule has 2 aliphatic heterocycles. The van der Waals surface area contributed by atoms with Crippen molar-refractivity contribution in [1.29, 1.82) is 0 Å². The van der Waals surface area contributed by atoms with Crippen molar-refractivity contribution >= 4 is 36.5 Å². The monoisotopic (exact) mass is 428 g/mol. The van der Waals surface area contributed by atoms with Crippen molar-refractivity contribution in [2.45, 2.75) is 32.0 Å². The first-order valence-electron chi connectivity index (χ1n) is 8.64. The highest BCUT2D eigenvalue weighted by Gasteiger charge is 2.32. The molecule has 3 heterocycles. The molecule has 154 valence electrons. The highest BCUT2D eigenvalue weighted by Crippen LogP contribution is 2.29. The van der Waals surface area contributed by atoms with Crippen molar-refractivity contribution < 1.29 is 18.0 Å². The second kappa shape index (κ2) is 9.80. The van der Waals surface area contributed by atoms with Gasteiger partial charge in [-0.2, -0.15) is 13.2 Å². The van der Waals surface area contributed by atoms with E-state index < -0.39 is 11.7 Å². The molecule has 1 amide bonds. The van der Waals surface area contributed by atoms with E-state index in [0.717, 1.165) is 38.2 Å². The number of halogens is 5. The first-order chi connectivity index (χ1) is 11.8. The van der Waals surface area contributed by atoms with Gasteiger partial charge in [0, 0.05) is 31.2 Å². The highest BCUT2D eigenvalue weighted by atomic mass is 35.5. The zero-order valence-corrected chi connectivity index (χ0v) is 16.6. The summed E-state index contributed by atoms with van der Waals surface area (Å²) in [5, 5.41) is 6.28. The van der Waals surface area contributed by atoms with Crippen LogP contribution < -0.4 is 15.5 Å². The van der Waals surface area contributed by atoms with Gasteiger partial charge in [-0.05, 0) is 44.0 Å². The van der Waals surface area contributed by atoms with E-state index in [1.807, 2.05) is 11.8 Å². The second-order valence-electron chi connectivity index (χ2n) is 6.88. The van der Waals surface area contributed by atoms with Crippen molar-refractivity contribution in [3.05, 3.63) is 23.9 Å². The molecular formula is C17H25Cl2F3N4O. The minimum atomic E-state index is -4.37. The zero-order valence-electron chi connectivity index (χ0n) is 15.0. The molecule has 2 saturated heterocycles. The lowest BCUT2D eigenvalue weighted by Crippen LogP contribution is -2.52. The number of carbonyl (C=O) groups excluding carboxylic acids is 1. The lowest BCUT2D eigenvalue weighted by Gasteiger charge is -2.36. The quantitative estimate of drug-likeness (QED) is 0.773. The number of nitrogens with zero attached hydrogens (tertiary/aromatic N) is 2. The number of hydrogen-bond donors (Lipinski definition) is 2. The number of anilines is 1. The van der Waals surface area contributed by atoms with Gasteiger partial charge in [0.1, 0.15) is 5.82 Å². The van der Waals surface area contributed by atoms with E-state index in [1.54, 1.807) is 0 Å². The molecule has 1 unspecified atom stereocenters. The Kier molecular flexibility index (Phi) is 8.63. The number of aromatic nitrogens is 1. The Labute approximate surface area is 169 Å². The molecule has 0 radical (unpaired) electrons. The predicted octanol–water partition coefficient (Wildman–Crippen LogP) is 2.88. The Morgan fingerprint density at radius 3 is 2.33 bits per heavy atom. The highest BCUT2D eigenvalue weighted by molar-refractivity contribution is 5.85. The van der Waals surface area contributed by atoms with Gasteiger partial charge in [0.25, 0.3) is 0 Å². The Morgan fingerprint density at radius 2 is 1.89 bits per heavy atom. The first kappa shape index (κ1) is 23.8. The number of nitrogens with one attached hydrogen (secondary N) is 2. The number of rotatable bonds is 4. The van der Waals surface area contributed by atoms with Gasteiger partial charge >= 0.3 is 6.18 Å². The van der Waals surface area contributed by atoms with Gasteiger partial charge in [0.2, 0.25) is 5.91 Å². The third-order valence-electron chi connectivity index (χ3n) is 5.17. The molecule has 0 spiro atoms. The van der Waals surface area contributed by atoms with Gasteiger partial charge in [0.05, 0.1) is 5.56 Å². The standard InChI is InChI=1S/C17H23F3N4O.2ClH/c1-11(12-8-21-9-12)16(25)23-14-4-6-24(7-5-14)15-3-2-13(10-22-15)17(18,19)20;;/h2-3,10-12,14,21H,4-9H2,1H3,(H,23,25);2*1H. The maximum atomic E-state index is 12.6. The van der Waals surface area contributed by atoms with Crippen LogP contribution in [-0.4, -0.2) is 43.1 Å². The van der Waals surface area contributed by atoms with Gasteiger partial charge in [-0.25, -0.2) is 4.98 Å². The molecule has 5 nitrogen and oxygen atoms in total. The average Bonchev–Trinajstić information content (AvgIpc) is 2.53. The van der Waals surface area contributed by atoms with Crippen LogP contribution in [0.1, 0.15) is 25.3 Å². The summed E-state index contributed by atoms with van der Waals surface area (Å²) in [6, 6.07) is 2.59. The normalized spacial score (nSPS) is 19.3. The molecule has 1 aromatic rings. The summed E-state index contributed by atoms with van der Waals surface area (Å²) in [5.41, 5.74) is -0.738. The molecule has 0 bridgehead atoms. The minimum Gasteiger partial charge on any atom is -0.356 e. The van der Waals surface area contributed by atoms with Crippen LogP contribution in [0.15, 0.2) is 18.3 Å². The maximum Gasteiger partial charge on any atom is 0.417 e. The number of hydrogen-bond acceptors (Lipinski definition) is 4. The topological polar surface area (TPSA) is 57.3 Å². The Balaban J connectivity index is 0.00000182. The van der Waals surface area contributed by atoms with E-state index in [1.165, 1.54) is 6.07 Å². The van der Waals surface area contributed by atoms with E-state index in [9.17, 15) is 18.0 Å². The Hall–Kier alpha value is -1.25. The molecule has 2 aliphatic rings. The molecule has 2 fully saturated rings. The molecule has 27 heavy (non-hydrogen) atoms. The first-order valence-corrected chi connectivity index (χ1v) is 8.64. The third-order valence-corrected chi connectivity index (χ3v) is 5.17. The van der Waals surface area contributed by atoms with Gasteiger partial charge in [-0.1, -0.05) is 6.92 Å². The third kappa shape index (κ3) is 5.86. The van der Waals surface area contributed by atoms with Crippen molar-refractivity contribution in [3.8, 4) is 0 Å². The van der Waals surface area contributed by atoms with Crippen LogP contribution in [0, 0.1) is 11.8 Å². The van der Waals surface area contributed by atoms with Gasteiger partial charge < -0.3 is 15.5 Å². The molecule has 1 aromatic heterocycles. The molecule has 0 aliphatic carbocycles. The summed E-state index contributed by atoms with van der Waals surface area (Å²) in [6.07, 6.45) is -1.96. The van der Waals surface area contributed by atoms with E-state index in [-0.39, 0.29) is 42.7 Å². The molecule has 2 N–H and O–H groups in total. The lowest BCUT2D eigenvalue weighted by atomic mass is 9.88. The zero-order chi connectivity index (χ0) is 18.0. The van der Waals surface area contributed by atoms with Crippen molar-refractivity contribution in [2.75, 3.05) is 31.1 Å². The molecule has 10 heteroatoms. The maximum absolute atomic E-state index is 12.6. The molecule has 0 aromatic carbocycles. The van der Waals surface area contributed by atoms with Crippen molar-refractivity contribution in [1.82, 2.24) is 15.6 Å². The Morgan fingerprint density at radius 1 is 1.26 bits per heavy atom. The van der Waals surface area contributed by atoms with Gasteiger partial charge in [0.15, 0.2) is 0 Å². The van der Waals surface area contributed by atoms with Crippen LogP contribution in [0.4, 0.5) is 19.0 Å². The SMILES string of the molecule is CC(C(=O)NC1CCN(c2ccc(C(F)(F)F)cn2)CC1)C1CNC1.Cl.Cl. The predicted molar refractivity (Wildman–Crippen MR) is 103 cm³/mol. The van der Waals surface area contributed by atoms with E-state index in [4.69, 9.17) is 0 Å². The summed E-state index contributed by atoms with van der Waals surface area (Å²) >= 11 is 0. The number of alkyl halides is 3. The second-order valence-corrected chi connectivity index (χ2v) is 6.88. The largest absolute Gasteiger partial charge is 0.417 e. The van der Waals surface area contributed by atoms with Gasteiger partial charge in [-0.3, -0.25) is 4.79 Å². The van der Waals surface area contributed by atoms with Crippen LogP contribution in [0.2, 0.25) is 0 Å². The minimum absolute atomic E-state index is 0. The number of piperidine rings is 1. The average molecular weight is 429 g/mol.